The van der Waals surface area contributed by atoms with E-state index >= 15 is 0 Å². The minimum atomic E-state index is -0.00789. The van der Waals surface area contributed by atoms with Crippen LogP contribution in [0.5, 0.6) is 0 Å². The summed E-state index contributed by atoms with van der Waals surface area (Å²) in [6, 6.07) is 0.509. The van der Waals surface area contributed by atoms with Gasteiger partial charge in [0.25, 0.3) is 0 Å². The maximum Gasteiger partial charge on any atom is 0.229 e. The van der Waals surface area contributed by atoms with Crippen molar-refractivity contribution in [2.75, 3.05) is 0 Å². The average Bonchev–Trinajstić information content (AvgIpc) is 3.09. The molecule has 4 rings (SSSR count). The minimum Gasteiger partial charge on any atom is -0.337 e. The van der Waals surface area contributed by atoms with Crippen LogP contribution in [0.15, 0.2) is 0 Å². The molecule has 0 aromatic heterocycles. The monoisotopic (exact) mass is 346 g/mol. The summed E-state index contributed by atoms with van der Waals surface area (Å²) in [7, 11) is 0. The topological polar surface area (TPSA) is 57.7 Å². The van der Waals surface area contributed by atoms with E-state index in [4.69, 9.17) is 0 Å². The number of rotatable bonds is 4. The van der Waals surface area contributed by atoms with Crippen LogP contribution in [0.25, 0.3) is 0 Å². The van der Waals surface area contributed by atoms with Crippen molar-refractivity contribution in [1.29, 1.82) is 0 Å². The van der Waals surface area contributed by atoms with E-state index < -0.39 is 0 Å². The number of hydrogen-bond acceptors (Lipinski definition) is 3. The minimum absolute atomic E-state index is 0.00789. The molecule has 2 unspecified atom stereocenters. The molecule has 1 saturated carbocycles. The molecule has 0 aromatic carbocycles. The molecule has 0 aromatic rings. The van der Waals surface area contributed by atoms with Crippen LogP contribution in [0.4, 0.5) is 0 Å². The molecule has 138 valence electrons. The second-order valence-electron chi connectivity index (χ2n) is 8.51. The molecule has 0 spiro atoms. The summed E-state index contributed by atoms with van der Waals surface area (Å²) in [5.74, 6) is 1.04. The molecule has 0 N–H and O–H groups in total. The highest BCUT2D eigenvalue weighted by molar-refractivity contribution is 6.02. The van der Waals surface area contributed by atoms with Crippen molar-refractivity contribution >= 4 is 17.7 Å². The number of hydrogen-bond donors (Lipinski definition) is 0. The number of nitrogens with zero attached hydrogens (tertiary/aromatic N) is 2. The number of carbonyl (C=O) groups is 3. The van der Waals surface area contributed by atoms with Gasteiger partial charge in [-0.15, -0.1) is 0 Å². The van der Waals surface area contributed by atoms with Gasteiger partial charge in [-0.3, -0.25) is 19.3 Å². The van der Waals surface area contributed by atoms with Crippen LogP contribution in [0, 0.1) is 5.92 Å². The third kappa shape index (κ3) is 3.34. The number of carbonyl (C=O) groups excluding carboxylic acids is 3. The van der Waals surface area contributed by atoms with E-state index in [1.165, 1.54) is 37.0 Å². The summed E-state index contributed by atoms with van der Waals surface area (Å²) in [4.78, 5) is 40.6. The molecular weight excluding hydrogens is 316 g/mol. The smallest absolute Gasteiger partial charge is 0.229 e. The molecule has 3 amide bonds. The summed E-state index contributed by atoms with van der Waals surface area (Å²) in [5, 5.41) is 0. The molecule has 4 fully saturated rings. The molecule has 3 saturated heterocycles. The fourth-order valence-electron chi connectivity index (χ4n) is 5.70. The number of fused-ring (bicyclic) bond motifs is 2. The van der Waals surface area contributed by atoms with E-state index in [0.29, 0.717) is 25.2 Å². The summed E-state index contributed by atoms with van der Waals surface area (Å²) in [6.07, 6.45) is 12.7. The molecule has 1 aliphatic carbocycles. The Hall–Kier alpha value is -1.39. The SMILES string of the molecule is O=C1CCC(=O)N1C1CC2CCC(C1)N2C(=O)CCC1CCCCC1. The van der Waals surface area contributed by atoms with Crippen LogP contribution in [0.3, 0.4) is 0 Å². The average molecular weight is 346 g/mol. The van der Waals surface area contributed by atoms with Crippen LogP contribution in [0.2, 0.25) is 0 Å². The second kappa shape index (κ2) is 7.08. The van der Waals surface area contributed by atoms with Crippen molar-refractivity contribution in [2.24, 2.45) is 5.92 Å². The fourth-order valence-corrected chi connectivity index (χ4v) is 5.70. The van der Waals surface area contributed by atoms with Crippen LogP contribution in [0.1, 0.15) is 83.5 Å². The van der Waals surface area contributed by atoms with Gasteiger partial charge in [0.05, 0.1) is 0 Å². The Kier molecular flexibility index (Phi) is 4.83. The van der Waals surface area contributed by atoms with Gasteiger partial charge in [-0.1, -0.05) is 32.1 Å². The largest absolute Gasteiger partial charge is 0.337 e. The second-order valence-corrected chi connectivity index (χ2v) is 8.51. The van der Waals surface area contributed by atoms with E-state index in [9.17, 15) is 14.4 Å². The molecule has 4 aliphatic rings. The summed E-state index contributed by atoms with van der Waals surface area (Å²) in [5.41, 5.74) is 0. The predicted octanol–water partition coefficient (Wildman–Crippen LogP) is 3.02. The Labute approximate surface area is 150 Å². The Morgan fingerprint density at radius 1 is 0.840 bits per heavy atom. The summed E-state index contributed by atoms with van der Waals surface area (Å²) >= 11 is 0. The molecule has 3 heterocycles. The maximum atomic E-state index is 12.8. The first-order chi connectivity index (χ1) is 12.1. The van der Waals surface area contributed by atoms with Crippen molar-refractivity contribution in [3.05, 3.63) is 0 Å². The third-order valence-corrected chi connectivity index (χ3v) is 6.94. The number of amides is 3. The number of imide groups is 1. The molecular formula is C20H30N2O3. The lowest BCUT2D eigenvalue weighted by molar-refractivity contribution is -0.144. The van der Waals surface area contributed by atoms with Gasteiger partial charge in [-0.2, -0.15) is 0 Å². The Bertz CT molecular complexity index is 525. The zero-order chi connectivity index (χ0) is 17.4. The van der Waals surface area contributed by atoms with Gasteiger partial charge in [0.2, 0.25) is 17.7 Å². The quantitative estimate of drug-likeness (QED) is 0.735. The van der Waals surface area contributed by atoms with Gasteiger partial charge in [0.15, 0.2) is 0 Å². The van der Waals surface area contributed by atoms with Crippen LogP contribution < -0.4 is 0 Å². The highest BCUT2D eigenvalue weighted by Gasteiger charge is 2.47. The summed E-state index contributed by atoms with van der Waals surface area (Å²) < 4.78 is 0. The predicted molar refractivity (Wildman–Crippen MR) is 93.6 cm³/mol. The lowest BCUT2D eigenvalue weighted by atomic mass is 9.86. The maximum absolute atomic E-state index is 12.8. The molecule has 0 radical (unpaired) electrons. The Balaban J connectivity index is 1.34. The lowest BCUT2D eigenvalue weighted by Gasteiger charge is -2.41. The first-order valence-electron chi connectivity index (χ1n) is 10.3. The number of likely N-dealkylation sites (tertiary alicyclic amines) is 1. The van der Waals surface area contributed by atoms with Gasteiger partial charge in [-0.05, 0) is 38.0 Å². The Morgan fingerprint density at radius 3 is 2.04 bits per heavy atom. The Morgan fingerprint density at radius 2 is 1.44 bits per heavy atom. The zero-order valence-electron chi connectivity index (χ0n) is 15.1. The van der Waals surface area contributed by atoms with Gasteiger partial charge in [0.1, 0.15) is 0 Å². The lowest BCUT2D eigenvalue weighted by Crippen LogP contribution is -2.53. The zero-order valence-corrected chi connectivity index (χ0v) is 15.1. The molecule has 5 nitrogen and oxygen atoms in total. The molecule has 2 bridgehead atoms. The third-order valence-electron chi connectivity index (χ3n) is 6.94. The van der Waals surface area contributed by atoms with Crippen LogP contribution in [-0.4, -0.2) is 45.6 Å². The van der Waals surface area contributed by atoms with Crippen molar-refractivity contribution in [3.63, 3.8) is 0 Å². The highest BCUT2D eigenvalue weighted by Crippen LogP contribution is 2.39. The van der Waals surface area contributed by atoms with E-state index in [0.717, 1.165) is 38.0 Å². The van der Waals surface area contributed by atoms with Crippen molar-refractivity contribution in [2.45, 2.75) is 102 Å². The van der Waals surface area contributed by atoms with Gasteiger partial charge in [-0.25, -0.2) is 0 Å². The van der Waals surface area contributed by atoms with E-state index in [1.54, 1.807) is 0 Å². The van der Waals surface area contributed by atoms with E-state index in [1.807, 2.05) is 0 Å². The standard InChI is InChI=1S/C20H30N2O3/c23-18(9-6-14-4-2-1-3-5-14)21-15-7-8-16(21)13-17(12-15)22-19(24)10-11-20(22)25/h14-17H,1-13H2. The molecule has 5 heteroatoms. The molecule has 3 aliphatic heterocycles. The van der Waals surface area contributed by atoms with E-state index in [-0.39, 0.29) is 29.9 Å². The van der Waals surface area contributed by atoms with Gasteiger partial charge < -0.3 is 4.90 Å². The van der Waals surface area contributed by atoms with Gasteiger partial charge in [0, 0.05) is 37.4 Å². The van der Waals surface area contributed by atoms with Crippen molar-refractivity contribution in [1.82, 2.24) is 9.80 Å². The van der Waals surface area contributed by atoms with E-state index in [2.05, 4.69) is 4.90 Å². The van der Waals surface area contributed by atoms with Crippen LogP contribution in [-0.2, 0) is 14.4 Å². The highest BCUT2D eigenvalue weighted by atomic mass is 16.2. The number of piperidine rings is 1. The normalized spacial score (nSPS) is 33.4. The first kappa shape index (κ1) is 17.0. The van der Waals surface area contributed by atoms with Crippen LogP contribution >= 0.6 is 0 Å². The van der Waals surface area contributed by atoms with Gasteiger partial charge >= 0.3 is 0 Å². The summed E-state index contributed by atoms with van der Waals surface area (Å²) in [6.45, 7) is 0. The first-order valence-corrected chi connectivity index (χ1v) is 10.3. The molecule has 25 heavy (non-hydrogen) atoms. The van der Waals surface area contributed by atoms with Crippen molar-refractivity contribution in [3.8, 4) is 0 Å². The van der Waals surface area contributed by atoms with Crippen molar-refractivity contribution < 1.29 is 14.4 Å². The fraction of sp³-hybridized carbons (Fsp3) is 0.850. The molecule has 2 atom stereocenters.